The Morgan fingerprint density at radius 2 is 2.11 bits per heavy atom. The van der Waals surface area contributed by atoms with Gasteiger partial charge in [0.25, 0.3) is 0 Å². The van der Waals surface area contributed by atoms with Gasteiger partial charge in [-0.05, 0) is 38.5 Å². The summed E-state index contributed by atoms with van der Waals surface area (Å²) in [5.74, 6) is -0.201. The Bertz CT molecular complexity index is 419. The summed E-state index contributed by atoms with van der Waals surface area (Å²) in [6.07, 6.45) is 0.174. The Kier molecular flexibility index (Phi) is 6.32. The van der Waals surface area contributed by atoms with E-state index in [2.05, 4.69) is 5.32 Å². The molecule has 1 amide bonds. The Hall–Kier alpha value is -1.59. The normalized spacial score (nSPS) is 10.7. The van der Waals surface area contributed by atoms with Crippen LogP contribution in [0.15, 0.2) is 18.2 Å². The summed E-state index contributed by atoms with van der Waals surface area (Å²) in [4.78, 5) is 11.6. The van der Waals surface area contributed by atoms with Crippen molar-refractivity contribution < 1.29 is 14.3 Å². The molecule has 5 heteroatoms. The Labute approximate surface area is 114 Å². The minimum absolute atomic E-state index is 0.00916. The molecule has 1 aromatic rings. The number of rotatable bonds is 7. The number of benzene rings is 1. The van der Waals surface area contributed by atoms with Gasteiger partial charge in [0, 0.05) is 11.4 Å². The molecular formula is C14H22N2O3. The monoisotopic (exact) mass is 266 g/mol. The van der Waals surface area contributed by atoms with Crippen molar-refractivity contribution in [1.29, 1.82) is 0 Å². The number of nitrogen functional groups attached to an aromatic ring is 1. The first-order valence-corrected chi connectivity index (χ1v) is 6.34. The number of anilines is 2. The van der Waals surface area contributed by atoms with Crippen LogP contribution in [0, 0.1) is 6.92 Å². The van der Waals surface area contributed by atoms with Crippen LogP contribution in [0.4, 0.5) is 11.4 Å². The Morgan fingerprint density at radius 1 is 1.37 bits per heavy atom. The van der Waals surface area contributed by atoms with Gasteiger partial charge < -0.3 is 20.5 Å². The quantitative estimate of drug-likeness (QED) is 0.584. The van der Waals surface area contributed by atoms with E-state index in [1.807, 2.05) is 32.9 Å². The van der Waals surface area contributed by atoms with E-state index in [1.165, 1.54) is 0 Å². The summed E-state index contributed by atoms with van der Waals surface area (Å²) in [7, 11) is 0. The number of hydrogen-bond donors (Lipinski definition) is 2. The first-order chi connectivity index (χ1) is 8.99. The summed E-state index contributed by atoms with van der Waals surface area (Å²) >= 11 is 0. The summed E-state index contributed by atoms with van der Waals surface area (Å²) in [6, 6.07) is 5.41. The lowest BCUT2D eigenvalue weighted by Gasteiger charge is -2.09. The summed E-state index contributed by atoms with van der Waals surface area (Å²) in [5, 5.41) is 2.72. The van der Waals surface area contributed by atoms with Crippen LogP contribution in [0.3, 0.4) is 0 Å². The van der Waals surface area contributed by atoms with Crippen LogP contribution in [0.1, 0.15) is 19.4 Å². The Morgan fingerprint density at radius 3 is 2.74 bits per heavy atom. The predicted octanol–water partition coefficient (Wildman–Crippen LogP) is 1.96. The number of nitrogens with two attached hydrogens (primary N) is 1. The molecule has 0 fully saturated rings. The van der Waals surface area contributed by atoms with Gasteiger partial charge in [0.2, 0.25) is 5.91 Å². The molecular weight excluding hydrogens is 244 g/mol. The fraction of sp³-hybridized carbons (Fsp3) is 0.500. The van der Waals surface area contributed by atoms with E-state index in [9.17, 15) is 4.79 Å². The van der Waals surface area contributed by atoms with E-state index in [-0.39, 0.29) is 18.6 Å². The third-order valence-electron chi connectivity index (χ3n) is 2.48. The Balaban J connectivity index is 2.25. The van der Waals surface area contributed by atoms with E-state index < -0.39 is 0 Å². The van der Waals surface area contributed by atoms with Crippen LogP contribution < -0.4 is 11.1 Å². The molecule has 0 spiro atoms. The van der Waals surface area contributed by atoms with Gasteiger partial charge >= 0.3 is 0 Å². The number of carbonyl (C=O) groups excluding carboxylic acids is 1. The molecule has 0 atom stereocenters. The summed E-state index contributed by atoms with van der Waals surface area (Å²) in [6.45, 7) is 6.72. The van der Waals surface area contributed by atoms with Crippen LogP contribution >= 0.6 is 0 Å². The lowest BCUT2D eigenvalue weighted by molar-refractivity contribution is -0.121. The van der Waals surface area contributed by atoms with Gasteiger partial charge in [0.1, 0.15) is 6.61 Å². The molecule has 0 aliphatic heterocycles. The van der Waals surface area contributed by atoms with Crippen molar-refractivity contribution in [2.75, 3.05) is 30.9 Å². The maximum atomic E-state index is 11.6. The van der Waals surface area contributed by atoms with E-state index in [1.54, 1.807) is 6.07 Å². The van der Waals surface area contributed by atoms with Crippen LogP contribution in [0.5, 0.6) is 0 Å². The maximum Gasteiger partial charge on any atom is 0.250 e. The highest BCUT2D eigenvalue weighted by atomic mass is 16.5. The topological polar surface area (TPSA) is 73.6 Å². The molecule has 0 aromatic heterocycles. The molecule has 1 aromatic carbocycles. The molecule has 5 nitrogen and oxygen atoms in total. The van der Waals surface area contributed by atoms with Crippen molar-refractivity contribution in [2.45, 2.75) is 26.9 Å². The van der Waals surface area contributed by atoms with Gasteiger partial charge in [0.15, 0.2) is 0 Å². The second kappa shape index (κ2) is 7.76. The molecule has 0 aliphatic rings. The standard InChI is InChI=1S/C14H22N2O3/c1-10(2)19-7-6-18-9-14(17)16-12-5-4-11(3)13(15)8-12/h4-5,8,10H,6-7,9,15H2,1-3H3,(H,16,17). The average Bonchev–Trinajstić information content (AvgIpc) is 2.33. The molecule has 106 valence electrons. The lowest BCUT2D eigenvalue weighted by atomic mass is 10.2. The van der Waals surface area contributed by atoms with Crippen LogP contribution in [0.2, 0.25) is 0 Å². The van der Waals surface area contributed by atoms with Gasteiger partial charge in [-0.3, -0.25) is 4.79 Å². The third-order valence-corrected chi connectivity index (χ3v) is 2.48. The van der Waals surface area contributed by atoms with Crippen molar-refractivity contribution >= 4 is 17.3 Å². The minimum Gasteiger partial charge on any atom is -0.398 e. The molecule has 0 saturated carbocycles. The number of amides is 1. The molecule has 0 aliphatic carbocycles. The van der Waals surface area contributed by atoms with Gasteiger partial charge in [-0.15, -0.1) is 0 Å². The molecule has 0 bridgehead atoms. The number of nitrogens with one attached hydrogen (secondary N) is 1. The fourth-order valence-corrected chi connectivity index (χ4v) is 1.42. The highest BCUT2D eigenvalue weighted by molar-refractivity contribution is 5.92. The second-order valence-electron chi connectivity index (χ2n) is 4.59. The molecule has 0 saturated heterocycles. The second-order valence-corrected chi connectivity index (χ2v) is 4.59. The third kappa shape index (κ3) is 6.22. The largest absolute Gasteiger partial charge is 0.398 e. The predicted molar refractivity (Wildman–Crippen MR) is 76.1 cm³/mol. The van der Waals surface area contributed by atoms with Gasteiger partial charge in [0.05, 0.1) is 19.3 Å². The highest BCUT2D eigenvalue weighted by Gasteiger charge is 2.04. The number of aryl methyl sites for hydroxylation is 1. The highest BCUT2D eigenvalue weighted by Crippen LogP contribution is 2.16. The molecule has 3 N–H and O–H groups in total. The summed E-state index contributed by atoms with van der Waals surface area (Å²) < 4.78 is 10.5. The molecule has 0 heterocycles. The van der Waals surface area contributed by atoms with Crippen molar-refractivity contribution in [1.82, 2.24) is 0 Å². The zero-order chi connectivity index (χ0) is 14.3. The van der Waals surface area contributed by atoms with E-state index in [0.29, 0.717) is 24.6 Å². The number of carbonyl (C=O) groups is 1. The van der Waals surface area contributed by atoms with Crippen LogP contribution in [-0.4, -0.2) is 31.8 Å². The first-order valence-electron chi connectivity index (χ1n) is 6.34. The van der Waals surface area contributed by atoms with Crippen molar-refractivity contribution in [3.63, 3.8) is 0 Å². The average molecular weight is 266 g/mol. The van der Waals surface area contributed by atoms with Gasteiger partial charge in [-0.25, -0.2) is 0 Å². The maximum absolute atomic E-state index is 11.6. The zero-order valence-electron chi connectivity index (χ0n) is 11.7. The number of ether oxygens (including phenoxy) is 2. The van der Waals surface area contributed by atoms with Crippen LogP contribution in [0.25, 0.3) is 0 Å². The molecule has 0 radical (unpaired) electrons. The molecule has 19 heavy (non-hydrogen) atoms. The molecule has 1 rings (SSSR count). The van der Waals surface area contributed by atoms with E-state index >= 15 is 0 Å². The number of hydrogen-bond acceptors (Lipinski definition) is 4. The van der Waals surface area contributed by atoms with Gasteiger partial charge in [-0.2, -0.15) is 0 Å². The fourth-order valence-electron chi connectivity index (χ4n) is 1.42. The zero-order valence-corrected chi connectivity index (χ0v) is 11.7. The van der Waals surface area contributed by atoms with E-state index in [0.717, 1.165) is 5.56 Å². The minimum atomic E-state index is -0.201. The molecule has 0 unspecified atom stereocenters. The first kappa shape index (κ1) is 15.5. The smallest absolute Gasteiger partial charge is 0.250 e. The summed E-state index contributed by atoms with van der Waals surface area (Å²) in [5.41, 5.74) is 8.08. The van der Waals surface area contributed by atoms with Gasteiger partial charge in [-0.1, -0.05) is 6.07 Å². The van der Waals surface area contributed by atoms with Crippen molar-refractivity contribution in [3.8, 4) is 0 Å². The van der Waals surface area contributed by atoms with E-state index in [4.69, 9.17) is 15.2 Å². The lowest BCUT2D eigenvalue weighted by Crippen LogP contribution is -2.20. The SMILES string of the molecule is Cc1ccc(NC(=O)COCCOC(C)C)cc1N. The van der Waals surface area contributed by atoms with Crippen molar-refractivity contribution in [2.24, 2.45) is 0 Å². The van der Waals surface area contributed by atoms with Crippen LogP contribution in [-0.2, 0) is 14.3 Å². The van der Waals surface area contributed by atoms with Crippen molar-refractivity contribution in [3.05, 3.63) is 23.8 Å².